The van der Waals surface area contributed by atoms with Gasteiger partial charge in [-0.3, -0.25) is 4.79 Å². The van der Waals surface area contributed by atoms with Gasteiger partial charge in [0, 0.05) is 19.8 Å². The summed E-state index contributed by atoms with van der Waals surface area (Å²) in [6.45, 7) is 8.00. The highest BCUT2D eigenvalue weighted by atomic mass is 16.5. The van der Waals surface area contributed by atoms with Crippen molar-refractivity contribution in [1.29, 1.82) is 0 Å². The molecular formula is C20H32O3. The fourth-order valence-electron chi connectivity index (χ4n) is 1.09. The molecule has 0 N–H and O–H groups in total. The molecule has 0 aliphatic rings. The molecule has 2 aromatic rings. The summed E-state index contributed by atoms with van der Waals surface area (Å²) in [5.41, 5.74) is 0.729. The number of carbonyl (C=O) groups is 1. The third kappa shape index (κ3) is 19.9. The Labute approximate surface area is 142 Å². The van der Waals surface area contributed by atoms with E-state index < -0.39 is 0 Å². The summed E-state index contributed by atoms with van der Waals surface area (Å²) in [4.78, 5) is 10.0. The van der Waals surface area contributed by atoms with Gasteiger partial charge in [-0.05, 0) is 12.1 Å². The second-order valence-electron chi connectivity index (χ2n) is 3.45. The summed E-state index contributed by atoms with van der Waals surface area (Å²) in [6.07, 6.45) is 0.833. The molecule has 0 aliphatic carbocycles. The smallest absolute Gasteiger partial charge is 0.150 e. The lowest BCUT2D eigenvalue weighted by Crippen LogP contribution is -1.78. The Balaban J connectivity index is -0.000000252. The molecule has 0 unspecified atom stereocenters. The SMILES string of the molecule is CC.CC.COC.COc1ccccc1.O=Cc1ccccc1. The van der Waals surface area contributed by atoms with Gasteiger partial charge >= 0.3 is 0 Å². The number of benzene rings is 2. The molecule has 0 aromatic heterocycles. The normalized spacial score (nSPS) is 7.26. The van der Waals surface area contributed by atoms with Gasteiger partial charge in [-0.15, -0.1) is 0 Å². The van der Waals surface area contributed by atoms with Crippen LogP contribution in [0.15, 0.2) is 60.7 Å². The van der Waals surface area contributed by atoms with E-state index in [2.05, 4.69) is 4.74 Å². The predicted octanol–water partition coefficient (Wildman–Crippen LogP) is 5.51. The van der Waals surface area contributed by atoms with Crippen molar-refractivity contribution in [3.8, 4) is 5.75 Å². The first-order valence-electron chi connectivity index (χ1n) is 7.77. The van der Waals surface area contributed by atoms with Gasteiger partial charge in [0.15, 0.2) is 0 Å². The van der Waals surface area contributed by atoms with Gasteiger partial charge in [-0.25, -0.2) is 0 Å². The summed E-state index contributed by atoms with van der Waals surface area (Å²) in [7, 11) is 4.91. The number of carbonyl (C=O) groups excluding carboxylic acids is 1. The van der Waals surface area contributed by atoms with E-state index in [-0.39, 0.29) is 0 Å². The molecule has 0 bridgehead atoms. The molecule has 0 aliphatic heterocycles. The molecule has 0 atom stereocenters. The third-order valence-corrected chi connectivity index (χ3v) is 1.91. The van der Waals surface area contributed by atoms with E-state index >= 15 is 0 Å². The quantitative estimate of drug-likeness (QED) is 0.684. The van der Waals surface area contributed by atoms with E-state index in [9.17, 15) is 4.79 Å². The van der Waals surface area contributed by atoms with Gasteiger partial charge in [-0.2, -0.15) is 0 Å². The largest absolute Gasteiger partial charge is 0.497 e. The molecule has 3 nitrogen and oxygen atoms in total. The number of aldehydes is 1. The molecule has 0 fully saturated rings. The first-order chi connectivity index (χ1) is 11.3. The molecule has 0 heterocycles. The zero-order chi connectivity index (χ0) is 18.3. The van der Waals surface area contributed by atoms with Crippen LogP contribution in [0, 0.1) is 0 Å². The summed E-state index contributed by atoms with van der Waals surface area (Å²) >= 11 is 0. The van der Waals surface area contributed by atoms with Crippen molar-refractivity contribution in [2.24, 2.45) is 0 Å². The highest BCUT2D eigenvalue weighted by Gasteiger charge is 1.80. The Kier molecular flexibility index (Phi) is 27.9. The molecular weight excluding hydrogens is 288 g/mol. The fraction of sp³-hybridized carbons (Fsp3) is 0.350. The van der Waals surface area contributed by atoms with Crippen LogP contribution in [0.2, 0.25) is 0 Å². The van der Waals surface area contributed by atoms with Gasteiger partial charge in [0.25, 0.3) is 0 Å². The lowest BCUT2D eigenvalue weighted by Gasteiger charge is -1.93. The number of hydrogen-bond acceptors (Lipinski definition) is 3. The second kappa shape index (κ2) is 24.9. The van der Waals surface area contributed by atoms with Crippen LogP contribution in [-0.2, 0) is 4.74 Å². The summed E-state index contributed by atoms with van der Waals surface area (Å²) < 4.78 is 9.16. The molecule has 23 heavy (non-hydrogen) atoms. The number of para-hydroxylation sites is 1. The Bertz CT molecular complexity index is 413. The molecule has 0 saturated carbocycles. The van der Waals surface area contributed by atoms with Crippen molar-refractivity contribution >= 4 is 6.29 Å². The number of rotatable bonds is 2. The van der Waals surface area contributed by atoms with Crippen LogP contribution in [0.3, 0.4) is 0 Å². The first-order valence-corrected chi connectivity index (χ1v) is 7.77. The maximum Gasteiger partial charge on any atom is 0.150 e. The maximum atomic E-state index is 10.0. The minimum atomic E-state index is 0.729. The monoisotopic (exact) mass is 320 g/mol. The number of ether oxygens (including phenoxy) is 2. The topological polar surface area (TPSA) is 35.5 Å². The first kappa shape index (κ1) is 25.8. The van der Waals surface area contributed by atoms with Crippen LogP contribution >= 0.6 is 0 Å². The van der Waals surface area contributed by atoms with Crippen molar-refractivity contribution < 1.29 is 14.3 Å². The van der Waals surface area contributed by atoms with Gasteiger partial charge in [0.1, 0.15) is 12.0 Å². The van der Waals surface area contributed by atoms with Gasteiger partial charge in [0.05, 0.1) is 7.11 Å². The van der Waals surface area contributed by atoms with Crippen molar-refractivity contribution in [1.82, 2.24) is 0 Å². The van der Waals surface area contributed by atoms with Crippen LogP contribution < -0.4 is 4.74 Å². The third-order valence-electron chi connectivity index (χ3n) is 1.91. The molecule has 130 valence electrons. The van der Waals surface area contributed by atoms with E-state index in [4.69, 9.17) is 4.74 Å². The lowest BCUT2D eigenvalue weighted by molar-refractivity contribution is 0.112. The zero-order valence-electron chi connectivity index (χ0n) is 15.6. The molecule has 0 saturated heterocycles. The highest BCUT2D eigenvalue weighted by molar-refractivity contribution is 5.74. The molecule has 3 heteroatoms. The minimum absolute atomic E-state index is 0.729. The molecule has 0 amide bonds. The Hall–Kier alpha value is -2.13. The van der Waals surface area contributed by atoms with Crippen molar-refractivity contribution in [3.63, 3.8) is 0 Å². The van der Waals surface area contributed by atoms with E-state index in [0.717, 1.165) is 17.6 Å². The van der Waals surface area contributed by atoms with E-state index in [1.807, 2.05) is 76.2 Å². The van der Waals surface area contributed by atoms with Crippen molar-refractivity contribution in [2.45, 2.75) is 27.7 Å². The van der Waals surface area contributed by atoms with Crippen molar-refractivity contribution in [3.05, 3.63) is 66.2 Å². The minimum Gasteiger partial charge on any atom is -0.497 e. The Morgan fingerprint density at radius 2 is 1.04 bits per heavy atom. The van der Waals surface area contributed by atoms with Gasteiger partial charge in [-0.1, -0.05) is 76.2 Å². The average molecular weight is 320 g/mol. The number of methoxy groups -OCH3 is 2. The standard InChI is InChI=1S/C7H8O.C7H6O.C2H6O.2C2H6/c1-8-7-5-3-2-4-6-7;8-6-7-4-2-1-3-5-7;1-3-2;2*1-2/h2-6H,1H3;1-6H;1-2H3;2*1-2H3. The van der Waals surface area contributed by atoms with Crippen LogP contribution in [0.25, 0.3) is 0 Å². The summed E-state index contributed by atoms with van der Waals surface area (Å²) in [5, 5.41) is 0. The molecule has 2 rings (SSSR count). The Morgan fingerprint density at radius 3 is 1.26 bits per heavy atom. The number of hydrogen-bond donors (Lipinski definition) is 0. The second-order valence-corrected chi connectivity index (χ2v) is 3.45. The zero-order valence-corrected chi connectivity index (χ0v) is 15.6. The summed E-state index contributed by atoms with van der Waals surface area (Å²) in [6, 6.07) is 18.8. The van der Waals surface area contributed by atoms with Crippen LogP contribution in [0.5, 0.6) is 5.75 Å². The molecule has 0 spiro atoms. The lowest BCUT2D eigenvalue weighted by atomic mass is 10.2. The van der Waals surface area contributed by atoms with Gasteiger partial charge < -0.3 is 9.47 Å². The van der Waals surface area contributed by atoms with E-state index in [1.165, 1.54) is 0 Å². The molecule has 2 aromatic carbocycles. The van der Waals surface area contributed by atoms with Crippen LogP contribution in [0.4, 0.5) is 0 Å². The maximum absolute atomic E-state index is 10.0. The van der Waals surface area contributed by atoms with Crippen molar-refractivity contribution in [2.75, 3.05) is 21.3 Å². The van der Waals surface area contributed by atoms with Crippen LogP contribution in [-0.4, -0.2) is 27.6 Å². The highest BCUT2D eigenvalue weighted by Crippen LogP contribution is 2.05. The molecule has 0 radical (unpaired) electrons. The average Bonchev–Trinajstić information content (AvgIpc) is 2.67. The predicted molar refractivity (Wildman–Crippen MR) is 100 cm³/mol. The van der Waals surface area contributed by atoms with E-state index in [0.29, 0.717) is 0 Å². The summed E-state index contributed by atoms with van der Waals surface area (Å²) in [5.74, 6) is 0.910. The van der Waals surface area contributed by atoms with Gasteiger partial charge in [0.2, 0.25) is 0 Å². The Morgan fingerprint density at radius 1 is 0.696 bits per heavy atom. The van der Waals surface area contributed by atoms with E-state index in [1.54, 1.807) is 33.5 Å². The fourth-order valence-corrected chi connectivity index (χ4v) is 1.09. The van der Waals surface area contributed by atoms with Crippen LogP contribution in [0.1, 0.15) is 38.1 Å².